The Kier molecular flexibility index (Phi) is 91.4. The van der Waals surface area contributed by atoms with E-state index in [0.29, 0.717) is 84.9 Å². The molecule has 0 aromatic heterocycles. The van der Waals surface area contributed by atoms with Gasteiger partial charge in [-0.2, -0.15) is 70.6 Å². The van der Waals surface area contributed by atoms with Crippen LogP contribution < -0.4 is 31.9 Å². The maximum atomic E-state index is 5.19. The normalized spacial score (nSPS) is 18.8. The van der Waals surface area contributed by atoms with E-state index in [0.717, 1.165) is 69.0 Å². The molecule has 0 saturated heterocycles. The SMILES string of the molecule is CCC1(NC(C)C)CC1.CCC1(NC(C)C)CCC1.CCC1(NC(C)C)CCCC1.CCC1(NC(C)C)CCCCC1.CCC1(SC(C)C)CC1.CCC1(SC(C)C)CCC1.CCC1(SC(C)C)CCCC1.CCC1(SC(C)C)CCCCC1.CCCNC(C)C.CCCOC(C)C.CCCSC(C)C.CCCSC(C)C.CCNC(C)C.CCOC(C)C. The molecule has 14 heteroatoms. The minimum Gasteiger partial charge on any atom is -0.379 e. The lowest BCUT2D eigenvalue weighted by molar-refractivity contribution is 0.0794. The molecule has 0 unspecified atom stereocenters. The van der Waals surface area contributed by atoms with Gasteiger partial charge in [0.15, 0.2) is 0 Å². The van der Waals surface area contributed by atoms with Crippen LogP contribution in [0.4, 0.5) is 0 Å². The van der Waals surface area contributed by atoms with Gasteiger partial charge < -0.3 is 41.4 Å². The molecule has 0 aromatic rings. The minimum atomic E-state index is 0.398. The van der Waals surface area contributed by atoms with Crippen molar-refractivity contribution in [3.8, 4) is 0 Å². The van der Waals surface area contributed by atoms with Crippen LogP contribution in [0.25, 0.3) is 0 Å². The topological polar surface area (TPSA) is 90.6 Å². The molecule has 0 bridgehead atoms. The molecule has 0 heterocycles. The van der Waals surface area contributed by atoms with Crippen LogP contribution in [-0.2, 0) is 9.47 Å². The molecule has 124 heavy (non-hydrogen) atoms. The third-order valence-electron chi connectivity index (χ3n) is 24.4. The van der Waals surface area contributed by atoms with Gasteiger partial charge in [0, 0.05) is 90.6 Å². The van der Waals surface area contributed by atoms with Crippen molar-refractivity contribution >= 4 is 70.6 Å². The second kappa shape index (κ2) is 83.0. The minimum absolute atomic E-state index is 0.398. The zero-order valence-electron chi connectivity index (χ0n) is 92.9. The summed E-state index contributed by atoms with van der Waals surface area (Å²) in [6, 6.07) is 3.90. The largest absolute Gasteiger partial charge is 0.379 e. The third kappa shape index (κ3) is 81.0. The molecule has 0 aliphatic heterocycles. The number of nitrogens with one attached hydrogen (secondary N) is 6. The predicted molar refractivity (Wildman–Crippen MR) is 594 cm³/mol. The lowest BCUT2D eigenvalue weighted by Gasteiger charge is -2.43. The van der Waals surface area contributed by atoms with E-state index in [-0.39, 0.29) is 0 Å². The molecule has 8 rings (SSSR count). The first-order chi connectivity index (χ1) is 58.1. The second-order valence-electron chi connectivity index (χ2n) is 41.9. The lowest BCUT2D eigenvalue weighted by atomic mass is 9.74. The lowest BCUT2D eigenvalue weighted by Crippen LogP contribution is -2.53. The molecule has 8 saturated carbocycles. The predicted octanol–water partition coefficient (Wildman–Crippen LogP) is 35.4. The number of hydrogen-bond acceptors (Lipinski definition) is 14. The molecular formula is C110H238N6O2S6. The summed E-state index contributed by atoms with van der Waals surface area (Å²) in [6.07, 6.45) is 56.7. The summed E-state index contributed by atoms with van der Waals surface area (Å²) in [5.74, 6) is 2.63. The molecule has 8 nitrogen and oxygen atoms in total. The molecule has 0 radical (unpaired) electrons. The molecular weight excluding hydrogens is 1630 g/mol. The van der Waals surface area contributed by atoms with Crippen LogP contribution in [0.15, 0.2) is 0 Å². The highest BCUT2D eigenvalue weighted by molar-refractivity contribution is 8.02. The van der Waals surface area contributed by atoms with Crippen molar-refractivity contribution in [2.24, 2.45) is 0 Å². The van der Waals surface area contributed by atoms with Crippen molar-refractivity contribution in [3.63, 3.8) is 0 Å². The van der Waals surface area contributed by atoms with Gasteiger partial charge in [-0.3, -0.25) is 0 Å². The molecule has 6 N–H and O–H groups in total. The van der Waals surface area contributed by atoms with Crippen molar-refractivity contribution in [1.29, 1.82) is 0 Å². The number of rotatable bonds is 40. The summed E-state index contributed by atoms with van der Waals surface area (Å²) in [6.45, 7) is 97.4. The van der Waals surface area contributed by atoms with E-state index in [9.17, 15) is 0 Å². The average molecular weight is 1870 g/mol. The van der Waals surface area contributed by atoms with Crippen LogP contribution in [0.2, 0.25) is 0 Å². The van der Waals surface area contributed by atoms with Gasteiger partial charge >= 0.3 is 0 Å². The van der Waals surface area contributed by atoms with E-state index < -0.39 is 0 Å². The fraction of sp³-hybridized carbons (Fsp3) is 1.00. The van der Waals surface area contributed by atoms with E-state index in [4.69, 9.17) is 9.47 Å². The third-order valence-corrected chi connectivity index (χ3v) is 33.7. The van der Waals surface area contributed by atoms with E-state index in [1.807, 2.05) is 44.3 Å². The number of ether oxygens (including phenoxy) is 2. The fourth-order valence-electron chi connectivity index (χ4n) is 17.3. The quantitative estimate of drug-likeness (QED) is 0.0352. The van der Waals surface area contributed by atoms with Gasteiger partial charge in [0.05, 0.1) is 12.2 Å². The molecule has 0 atom stereocenters. The molecule has 756 valence electrons. The fourth-order valence-corrected chi connectivity index (χ4v) is 25.3. The van der Waals surface area contributed by atoms with Crippen LogP contribution in [0.3, 0.4) is 0 Å². The van der Waals surface area contributed by atoms with Gasteiger partial charge in [-0.15, -0.1) is 0 Å². The van der Waals surface area contributed by atoms with Crippen LogP contribution in [-0.4, -0.2) is 159 Å². The van der Waals surface area contributed by atoms with Crippen LogP contribution >= 0.6 is 70.6 Å². The summed E-state index contributed by atoms with van der Waals surface area (Å²) in [5.41, 5.74) is 2.10. The summed E-state index contributed by atoms with van der Waals surface area (Å²) in [4.78, 5) is 0. The van der Waals surface area contributed by atoms with Crippen molar-refractivity contribution in [2.75, 3.05) is 37.8 Å². The van der Waals surface area contributed by atoms with Gasteiger partial charge in [0.2, 0.25) is 0 Å². The molecule has 0 amide bonds. The maximum absolute atomic E-state index is 5.19. The van der Waals surface area contributed by atoms with Gasteiger partial charge in [0.25, 0.3) is 0 Å². The zero-order valence-corrected chi connectivity index (χ0v) is 97.8. The Morgan fingerprint density at radius 3 is 0.605 bits per heavy atom. The Hall–Kier alpha value is 1.78. The van der Waals surface area contributed by atoms with Crippen LogP contribution in [0.1, 0.15) is 548 Å². The number of hydrogen-bond donors (Lipinski definition) is 6. The van der Waals surface area contributed by atoms with Gasteiger partial charge in [-0.1, -0.05) is 327 Å². The van der Waals surface area contributed by atoms with Crippen molar-refractivity contribution < 1.29 is 9.47 Å². The van der Waals surface area contributed by atoms with Gasteiger partial charge in [-0.05, 0) is 277 Å². The van der Waals surface area contributed by atoms with E-state index in [1.165, 1.54) is 262 Å². The Morgan fingerprint density at radius 1 is 0.234 bits per heavy atom. The van der Waals surface area contributed by atoms with E-state index in [2.05, 4.69) is 349 Å². The summed E-state index contributed by atoms with van der Waals surface area (Å²) < 4.78 is 13.0. The van der Waals surface area contributed by atoms with Crippen LogP contribution in [0, 0.1) is 0 Å². The standard InChI is InChI=1S/C11H23N.C11H22S.C10H21N.C10H20S.C9H19N.C9H18S.C8H17N.C8H16S.C6H15N.C6H14O.2C6H14S.C5H13N.C5H12O/c2*1-4-11(12-10(2)3)8-6-5-7-9-11;2*1-4-10(11-9(2)3)7-5-6-8-10;2*1-4-9(6-5-7-9)10-8(2)3;2*1-4-8(5-6-8)9-7(2)3;4*1-4-5-7-6(2)3;2*1-4-6-5(2)3/h10,12H,4-9H2,1-3H3;10H,4-9H2,1-3H3;9,11H,4-8H2,1-3H3;9H,4-8H2,1-3H3;8,10H,4-7H2,1-3H3;8H,4-7H2,1-3H3;7,9H,4-6H2,1-3H3;7H,4-6H2,1-3H3;6-7H,4-5H2,1-3H3;3*6H,4-5H2,1-3H3;5-6H,4H2,1-3H3;5H,4H2,1-3H3. The maximum Gasteiger partial charge on any atom is 0.0518 e. The number of thioether (sulfide) groups is 6. The first-order valence-electron chi connectivity index (χ1n) is 53.8. The highest BCUT2D eigenvalue weighted by Crippen LogP contribution is 2.53. The monoisotopic (exact) mass is 1870 g/mol. The summed E-state index contributed by atoms with van der Waals surface area (Å²) in [5, 5.41) is 26.1. The first-order valence-corrected chi connectivity index (χ1v) is 59.5. The van der Waals surface area contributed by atoms with Crippen molar-refractivity contribution in [2.45, 2.75) is 669 Å². The average Bonchev–Trinajstić information content (AvgIpc) is 1.63. The van der Waals surface area contributed by atoms with Gasteiger partial charge in [-0.25, -0.2) is 0 Å². The Balaban J connectivity index is -0.000000304. The van der Waals surface area contributed by atoms with Gasteiger partial charge in [0.1, 0.15) is 0 Å². The highest BCUT2D eigenvalue weighted by Gasteiger charge is 2.43. The summed E-state index contributed by atoms with van der Waals surface area (Å²) >= 11 is 12.9. The first kappa shape index (κ1) is 137. The molecule has 0 aromatic carbocycles. The Bertz CT molecular complexity index is 1980. The van der Waals surface area contributed by atoms with Crippen LogP contribution in [0.5, 0.6) is 0 Å². The van der Waals surface area contributed by atoms with Crippen molar-refractivity contribution in [1.82, 2.24) is 31.9 Å². The van der Waals surface area contributed by atoms with Crippen molar-refractivity contribution in [3.05, 3.63) is 0 Å². The Morgan fingerprint density at radius 2 is 0.484 bits per heavy atom. The molecule has 8 fully saturated rings. The second-order valence-corrected chi connectivity index (χ2v) is 53.4. The Labute approximate surface area is 812 Å². The molecule has 8 aliphatic rings. The zero-order chi connectivity index (χ0) is 96.5. The van der Waals surface area contributed by atoms with E-state index in [1.54, 1.807) is 0 Å². The smallest absolute Gasteiger partial charge is 0.0518 e. The molecule has 8 aliphatic carbocycles. The highest BCUT2D eigenvalue weighted by atomic mass is 32.2. The summed E-state index contributed by atoms with van der Waals surface area (Å²) in [7, 11) is 0. The molecule has 0 spiro atoms. The van der Waals surface area contributed by atoms with E-state index >= 15 is 0 Å².